The molecule has 180 valence electrons. The summed E-state index contributed by atoms with van der Waals surface area (Å²) in [7, 11) is 1.64. The minimum atomic E-state index is -1.35. The molecule has 3 atom stereocenters. The average molecular weight is 513 g/mol. The molecule has 2 aliphatic rings. The Bertz CT molecular complexity index is 1360. The molecule has 0 saturated carbocycles. The SMILES string of the molecule is Cc1ccc(F)cc1[C@H]1N(C)C(=O)C[C@@H](c2cccc(Cl)c2)[C@]12C(=O)N(CO)c1cc(Cl)ccc12. The van der Waals surface area contributed by atoms with Crippen LogP contribution in [0.3, 0.4) is 0 Å². The van der Waals surface area contributed by atoms with Gasteiger partial charge in [0, 0.05) is 29.4 Å². The Kier molecular flexibility index (Phi) is 5.86. The van der Waals surface area contributed by atoms with Gasteiger partial charge in [0.15, 0.2) is 0 Å². The lowest BCUT2D eigenvalue weighted by atomic mass is 9.58. The summed E-state index contributed by atoms with van der Waals surface area (Å²) in [6.45, 7) is 1.26. The molecule has 1 saturated heterocycles. The highest BCUT2D eigenvalue weighted by molar-refractivity contribution is 6.31. The number of amides is 2. The second kappa shape index (κ2) is 8.63. The number of aryl methyl sites for hydroxylation is 1. The summed E-state index contributed by atoms with van der Waals surface area (Å²) in [5, 5.41) is 11.1. The van der Waals surface area contributed by atoms with E-state index in [1.807, 2.05) is 13.0 Å². The van der Waals surface area contributed by atoms with Crippen LogP contribution in [0.4, 0.5) is 10.1 Å². The zero-order valence-electron chi connectivity index (χ0n) is 19.1. The Morgan fingerprint density at radius 1 is 1.06 bits per heavy atom. The molecule has 1 N–H and O–H groups in total. The lowest BCUT2D eigenvalue weighted by molar-refractivity contribution is -0.144. The number of carbonyl (C=O) groups is 2. The molecule has 5 nitrogen and oxygen atoms in total. The van der Waals surface area contributed by atoms with Crippen molar-refractivity contribution in [2.45, 2.75) is 30.7 Å². The quantitative estimate of drug-likeness (QED) is 0.513. The molecule has 0 bridgehead atoms. The first-order chi connectivity index (χ1) is 16.7. The first kappa shape index (κ1) is 23.8. The number of fused-ring (bicyclic) bond motifs is 2. The summed E-state index contributed by atoms with van der Waals surface area (Å²) in [6.07, 6.45) is 0.0365. The van der Waals surface area contributed by atoms with E-state index >= 15 is 0 Å². The number of carbonyl (C=O) groups excluding carboxylic acids is 2. The molecule has 0 radical (unpaired) electrons. The van der Waals surface area contributed by atoms with Gasteiger partial charge in [0.25, 0.3) is 0 Å². The zero-order valence-corrected chi connectivity index (χ0v) is 20.6. The summed E-state index contributed by atoms with van der Waals surface area (Å²) in [5.74, 6) is -1.65. The van der Waals surface area contributed by atoms with Gasteiger partial charge in [-0.25, -0.2) is 4.39 Å². The van der Waals surface area contributed by atoms with Crippen molar-refractivity contribution in [3.8, 4) is 0 Å². The van der Waals surface area contributed by atoms with Crippen molar-refractivity contribution in [3.05, 3.63) is 98.8 Å². The van der Waals surface area contributed by atoms with Gasteiger partial charge >= 0.3 is 0 Å². The van der Waals surface area contributed by atoms with E-state index in [9.17, 15) is 19.1 Å². The molecule has 2 aliphatic heterocycles. The number of aliphatic hydroxyl groups excluding tert-OH is 1. The number of halogens is 3. The third-order valence-corrected chi connectivity index (χ3v) is 7.83. The Hall–Kier alpha value is -2.93. The van der Waals surface area contributed by atoms with E-state index in [-0.39, 0.29) is 18.2 Å². The third-order valence-electron chi connectivity index (χ3n) is 7.36. The number of hydrogen-bond acceptors (Lipinski definition) is 3. The van der Waals surface area contributed by atoms with Crippen molar-refractivity contribution in [1.82, 2.24) is 4.90 Å². The normalized spacial score (nSPS) is 23.8. The molecule has 0 aliphatic carbocycles. The molecule has 3 aromatic rings. The number of benzene rings is 3. The number of likely N-dealkylation sites (tertiary alicyclic amines) is 1. The highest BCUT2D eigenvalue weighted by Gasteiger charge is 2.64. The van der Waals surface area contributed by atoms with Crippen molar-refractivity contribution in [3.63, 3.8) is 0 Å². The highest BCUT2D eigenvalue weighted by Crippen LogP contribution is 2.61. The van der Waals surface area contributed by atoms with Gasteiger partial charge in [-0.2, -0.15) is 0 Å². The van der Waals surface area contributed by atoms with E-state index in [0.29, 0.717) is 32.4 Å². The zero-order chi connectivity index (χ0) is 25.1. The number of hydrogen-bond donors (Lipinski definition) is 1. The Balaban J connectivity index is 1.90. The molecule has 1 spiro atoms. The molecular weight excluding hydrogens is 490 g/mol. The first-order valence-electron chi connectivity index (χ1n) is 11.2. The van der Waals surface area contributed by atoms with Gasteiger partial charge in [0.2, 0.25) is 11.8 Å². The average Bonchev–Trinajstić information content (AvgIpc) is 3.06. The number of likely N-dealkylation sites (N-methyl/N-ethyl adjacent to an activating group) is 1. The monoisotopic (exact) mass is 512 g/mol. The van der Waals surface area contributed by atoms with E-state index in [2.05, 4.69) is 0 Å². The fourth-order valence-electron chi connectivity index (χ4n) is 5.85. The second-order valence-electron chi connectivity index (χ2n) is 9.12. The number of piperidine rings is 1. The van der Waals surface area contributed by atoms with Crippen molar-refractivity contribution >= 4 is 40.7 Å². The highest BCUT2D eigenvalue weighted by atomic mass is 35.5. The fraction of sp³-hybridized carbons (Fsp3) is 0.259. The maximum Gasteiger partial charge on any atom is 0.242 e. The summed E-state index contributed by atoms with van der Waals surface area (Å²) >= 11 is 12.6. The summed E-state index contributed by atoms with van der Waals surface area (Å²) in [4.78, 5) is 30.7. The van der Waals surface area contributed by atoms with Crippen LogP contribution in [0.15, 0.2) is 60.7 Å². The molecule has 1 fully saturated rings. The van der Waals surface area contributed by atoms with Crippen LogP contribution in [0.5, 0.6) is 0 Å². The van der Waals surface area contributed by atoms with Gasteiger partial charge in [-0.15, -0.1) is 0 Å². The largest absolute Gasteiger partial charge is 0.376 e. The Morgan fingerprint density at radius 2 is 1.80 bits per heavy atom. The van der Waals surface area contributed by atoms with Crippen LogP contribution in [-0.2, 0) is 15.0 Å². The number of nitrogens with zero attached hydrogens (tertiary/aromatic N) is 2. The lowest BCUT2D eigenvalue weighted by Crippen LogP contribution is -2.58. The molecule has 0 aromatic heterocycles. The van der Waals surface area contributed by atoms with Gasteiger partial charge in [0.05, 0.1) is 11.7 Å². The predicted octanol–water partition coefficient (Wildman–Crippen LogP) is 5.36. The van der Waals surface area contributed by atoms with Crippen LogP contribution in [0.25, 0.3) is 0 Å². The standard InChI is InChI=1S/C27H23Cl2FN2O3/c1-15-6-8-19(30)12-20(15)25-27(21-9-7-18(29)11-23(21)32(14-33)26(27)35)22(13-24(34)31(25)2)16-4-3-5-17(28)10-16/h3-12,22,25,33H,13-14H2,1-2H3/t22-,25+,27-/m0/s1. The van der Waals surface area contributed by atoms with E-state index in [1.54, 1.807) is 49.5 Å². The van der Waals surface area contributed by atoms with Crippen LogP contribution in [0.1, 0.15) is 40.6 Å². The van der Waals surface area contributed by atoms with E-state index in [1.165, 1.54) is 21.9 Å². The van der Waals surface area contributed by atoms with Crippen molar-refractivity contribution in [2.24, 2.45) is 0 Å². The van der Waals surface area contributed by atoms with Gasteiger partial charge in [-0.3, -0.25) is 14.5 Å². The minimum absolute atomic E-state index is 0.0365. The van der Waals surface area contributed by atoms with Crippen LogP contribution in [0, 0.1) is 12.7 Å². The molecule has 0 unspecified atom stereocenters. The topological polar surface area (TPSA) is 60.9 Å². The summed E-state index contributed by atoms with van der Waals surface area (Å²) in [5.41, 5.74) is 1.73. The van der Waals surface area contributed by atoms with Gasteiger partial charge < -0.3 is 10.0 Å². The van der Waals surface area contributed by atoms with E-state index in [0.717, 1.165) is 5.56 Å². The number of anilines is 1. The number of rotatable bonds is 3. The maximum atomic E-state index is 14.6. The van der Waals surface area contributed by atoms with Crippen molar-refractivity contribution in [2.75, 3.05) is 18.7 Å². The molecule has 35 heavy (non-hydrogen) atoms. The third kappa shape index (κ3) is 3.46. The molecule has 2 heterocycles. The van der Waals surface area contributed by atoms with Crippen LogP contribution in [-0.4, -0.2) is 35.6 Å². The molecule has 5 rings (SSSR count). The smallest absolute Gasteiger partial charge is 0.242 e. The van der Waals surface area contributed by atoms with E-state index in [4.69, 9.17) is 23.2 Å². The predicted molar refractivity (Wildman–Crippen MR) is 133 cm³/mol. The van der Waals surface area contributed by atoms with Gasteiger partial charge in [-0.05, 0) is 65.6 Å². The van der Waals surface area contributed by atoms with Crippen molar-refractivity contribution in [1.29, 1.82) is 0 Å². The molecule has 2 amide bonds. The maximum absolute atomic E-state index is 14.6. The first-order valence-corrected chi connectivity index (χ1v) is 12.0. The number of aliphatic hydroxyl groups is 1. The Labute approximate surface area is 212 Å². The molecule has 8 heteroatoms. The van der Waals surface area contributed by atoms with Crippen LogP contribution in [0.2, 0.25) is 10.0 Å². The van der Waals surface area contributed by atoms with E-state index < -0.39 is 29.9 Å². The molecular formula is C27H23Cl2FN2O3. The summed E-state index contributed by atoms with van der Waals surface area (Å²) < 4.78 is 14.6. The summed E-state index contributed by atoms with van der Waals surface area (Å²) in [6, 6.07) is 15.8. The minimum Gasteiger partial charge on any atom is -0.376 e. The van der Waals surface area contributed by atoms with Gasteiger partial charge in [0.1, 0.15) is 18.0 Å². The van der Waals surface area contributed by atoms with Crippen molar-refractivity contribution < 1.29 is 19.1 Å². The molecule has 3 aromatic carbocycles. The lowest BCUT2D eigenvalue weighted by Gasteiger charge is -2.51. The fourth-order valence-corrected chi connectivity index (χ4v) is 6.22. The van der Waals surface area contributed by atoms with Crippen LogP contribution < -0.4 is 4.90 Å². The van der Waals surface area contributed by atoms with Crippen LogP contribution >= 0.6 is 23.2 Å². The Morgan fingerprint density at radius 3 is 2.51 bits per heavy atom. The second-order valence-corrected chi connectivity index (χ2v) is 10.00. The van der Waals surface area contributed by atoms with Gasteiger partial charge in [-0.1, -0.05) is 47.5 Å².